The lowest BCUT2D eigenvalue weighted by Gasteiger charge is -2.07. The fourth-order valence-electron chi connectivity index (χ4n) is 2.27. The Bertz CT molecular complexity index is 865. The Labute approximate surface area is 154 Å². The molecule has 0 saturated carbocycles. The summed E-state index contributed by atoms with van der Waals surface area (Å²) in [6.07, 6.45) is 3.98. The summed E-state index contributed by atoms with van der Waals surface area (Å²) in [5.74, 6) is 1.38. The average Bonchev–Trinajstić information content (AvgIpc) is 2.95. The van der Waals surface area contributed by atoms with Crippen LogP contribution in [0.2, 0.25) is 10.0 Å². The molecule has 0 bridgehead atoms. The van der Waals surface area contributed by atoms with Crippen LogP contribution in [0.5, 0.6) is 0 Å². The number of nitrogens with two attached hydrogens (primary N) is 1. The van der Waals surface area contributed by atoms with Crippen LogP contribution in [-0.2, 0) is 6.54 Å². The summed E-state index contributed by atoms with van der Waals surface area (Å²) in [6.45, 7) is 2.74. The van der Waals surface area contributed by atoms with Crippen LogP contribution in [0.3, 0.4) is 0 Å². The van der Waals surface area contributed by atoms with Crippen molar-refractivity contribution in [1.82, 2.24) is 19.5 Å². The Morgan fingerprint density at radius 3 is 2.79 bits per heavy atom. The van der Waals surface area contributed by atoms with E-state index in [1.807, 2.05) is 16.7 Å². The second-order valence-electron chi connectivity index (χ2n) is 5.39. The lowest BCUT2D eigenvalue weighted by Crippen LogP contribution is -2.02. The highest BCUT2D eigenvalue weighted by atomic mass is 35.5. The van der Waals surface area contributed by atoms with Crippen molar-refractivity contribution in [1.29, 1.82) is 0 Å². The first-order valence-electron chi connectivity index (χ1n) is 7.63. The third-order valence-corrected chi connectivity index (χ3v) is 5.21. The number of unbranched alkanes of at least 4 members (excludes halogenated alkanes) is 1. The van der Waals surface area contributed by atoms with Crippen LogP contribution in [0.25, 0.3) is 11.2 Å². The fraction of sp³-hybridized carbons (Fsp3) is 0.312. The van der Waals surface area contributed by atoms with Gasteiger partial charge in [0.05, 0.1) is 22.9 Å². The number of hydrogen-bond acceptors (Lipinski definition) is 5. The molecule has 0 spiro atoms. The van der Waals surface area contributed by atoms with Gasteiger partial charge < -0.3 is 10.3 Å². The maximum absolute atomic E-state index is 6.09. The second-order valence-corrected chi connectivity index (χ2v) is 7.26. The van der Waals surface area contributed by atoms with E-state index in [0.717, 1.165) is 29.8 Å². The van der Waals surface area contributed by atoms with Crippen molar-refractivity contribution in [2.24, 2.45) is 0 Å². The minimum atomic E-state index is 0.409. The van der Waals surface area contributed by atoms with E-state index >= 15 is 0 Å². The van der Waals surface area contributed by atoms with E-state index in [-0.39, 0.29) is 0 Å². The summed E-state index contributed by atoms with van der Waals surface area (Å²) in [5, 5.41) is 1.75. The molecular formula is C16H17Cl2N5S. The first-order chi connectivity index (χ1) is 11.6. The van der Waals surface area contributed by atoms with Gasteiger partial charge in [0.1, 0.15) is 5.52 Å². The highest BCUT2D eigenvalue weighted by Crippen LogP contribution is 2.25. The number of anilines is 1. The van der Waals surface area contributed by atoms with Gasteiger partial charge in [-0.1, -0.05) is 54.4 Å². The molecule has 2 aromatic heterocycles. The highest BCUT2D eigenvalue weighted by Gasteiger charge is 2.12. The van der Waals surface area contributed by atoms with Crippen molar-refractivity contribution < 1.29 is 0 Å². The number of hydrogen-bond donors (Lipinski definition) is 1. The minimum Gasteiger partial charge on any atom is -0.382 e. The molecule has 0 saturated heterocycles. The van der Waals surface area contributed by atoms with E-state index in [9.17, 15) is 0 Å². The van der Waals surface area contributed by atoms with E-state index in [0.29, 0.717) is 33.1 Å². The summed E-state index contributed by atoms with van der Waals surface area (Å²) >= 11 is 13.7. The van der Waals surface area contributed by atoms with E-state index in [2.05, 4.69) is 21.9 Å². The SMILES string of the molecule is CCCCSc1nc(N)c2ncn(Cc3ccc(Cl)c(Cl)c3)c2n1. The van der Waals surface area contributed by atoms with Crippen LogP contribution in [0.15, 0.2) is 29.7 Å². The molecule has 126 valence electrons. The molecular weight excluding hydrogens is 365 g/mol. The first-order valence-corrected chi connectivity index (χ1v) is 9.37. The maximum atomic E-state index is 6.09. The molecule has 0 radical (unpaired) electrons. The van der Waals surface area contributed by atoms with E-state index in [4.69, 9.17) is 28.9 Å². The molecule has 3 rings (SSSR count). The van der Waals surface area contributed by atoms with Crippen LogP contribution in [0.4, 0.5) is 5.82 Å². The Hall–Kier alpha value is -1.50. The Morgan fingerprint density at radius 1 is 1.21 bits per heavy atom. The molecule has 0 fully saturated rings. The van der Waals surface area contributed by atoms with Gasteiger partial charge in [0.15, 0.2) is 16.6 Å². The molecule has 0 aliphatic carbocycles. The Morgan fingerprint density at radius 2 is 2.04 bits per heavy atom. The van der Waals surface area contributed by atoms with Gasteiger partial charge in [-0.15, -0.1) is 0 Å². The molecule has 0 amide bonds. The fourth-order valence-corrected chi connectivity index (χ4v) is 3.52. The molecule has 3 aromatic rings. The van der Waals surface area contributed by atoms with Crippen molar-refractivity contribution in [2.75, 3.05) is 11.5 Å². The van der Waals surface area contributed by atoms with Crippen molar-refractivity contribution in [3.63, 3.8) is 0 Å². The smallest absolute Gasteiger partial charge is 0.191 e. The molecule has 0 aliphatic heterocycles. The zero-order valence-corrected chi connectivity index (χ0v) is 15.5. The van der Waals surface area contributed by atoms with Gasteiger partial charge in [0.2, 0.25) is 0 Å². The molecule has 2 heterocycles. The van der Waals surface area contributed by atoms with E-state index in [1.54, 1.807) is 24.2 Å². The van der Waals surface area contributed by atoms with Crippen molar-refractivity contribution >= 4 is 51.9 Å². The third kappa shape index (κ3) is 3.77. The summed E-state index contributed by atoms with van der Waals surface area (Å²) < 4.78 is 1.94. The molecule has 1 aromatic carbocycles. The maximum Gasteiger partial charge on any atom is 0.191 e. The second kappa shape index (κ2) is 7.59. The van der Waals surface area contributed by atoms with Crippen LogP contribution in [-0.4, -0.2) is 25.3 Å². The average molecular weight is 382 g/mol. The number of fused-ring (bicyclic) bond motifs is 1. The number of thioether (sulfide) groups is 1. The Balaban J connectivity index is 1.91. The molecule has 0 unspecified atom stereocenters. The topological polar surface area (TPSA) is 69.6 Å². The van der Waals surface area contributed by atoms with E-state index < -0.39 is 0 Å². The molecule has 2 N–H and O–H groups in total. The number of nitrogen functional groups attached to an aromatic ring is 1. The van der Waals surface area contributed by atoms with Crippen LogP contribution in [0, 0.1) is 0 Å². The van der Waals surface area contributed by atoms with Gasteiger partial charge >= 0.3 is 0 Å². The first kappa shape index (κ1) is 17.3. The molecule has 8 heteroatoms. The largest absolute Gasteiger partial charge is 0.382 e. The molecule has 0 atom stereocenters. The van der Waals surface area contributed by atoms with Gasteiger partial charge in [0.25, 0.3) is 0 Å². The zero-order valence-electron chi connectivity index (χ0n) is 13.2. The van der Waals surface area contributed by atoms with Crippen LogP contribution >= 0.6 is 35.0 Å². The molecule has 24 heavy (non-hydrogen) atoms. The number of nitrogens with zero attached hydrogens (tertiary/aromatic N) is 4. The van der Waals surface area contributed by atoms with Crippen LogP contribution in [0.1, 0.15) is 25.3 Å². The summed E-state index contributed by atoms with van der Waals surface area (Å²) in [6, 6.07) is 5.56. The van der Waals surface area contributed by atoms with Crippen molar-refractivity contribution in [2.45, 2.75) is 31.5 Å². The molecule has 5 nitrogen and oxygen atoms in total. The lowest BCUT2D eigenvalue weighted by molar-refractivity contribution is 0.804. The third-order valence-electron chi connectivity index (χ3n) is 3.54. The summed E-state index contributed by atoms with van der Waals surface area (Å²) in [7, 11) is 0. The van der Waals surface area contributed by atoms with Gasteiger partial charge in [-0.05, 0) is 24.1 Å². The number of imidazole rings is 1. The predicted octanol–water partition coefficient (Wildman–Crippen LogP) is 4.66. The standard InChI is InChI=1S/C16H17Cl2N5S/c1-2-3-6-24-16-21-14(19)13-15(22-16)23(9-20-13)8-10-4-5-11(17)12(18)7-10/h4-5,7,9H,2-3,6,8H2,1H3,(H2,19,21,22). The van der Waals surface area contributed by atoms with Gasteiger partial charge in [-0.3, -0.25) is 0 Å². The lowest BCUT2D eigenvalue weighted by atomic mass is 10.2. The normalized spacial score (nSPS) is 11.3. The summed E-state index contributed by atoms with van der Waals surface area (Å²) in [4.78, 5) is 13.3. The van der Waals surface area contributed by atoms with Crippen molar-refractivity contribution in [3.05, 3.63) is 40.1 Å². The highest BCUT2D eigenvalue weighted by molar-refractivity contribution is 7.99. The minimum absolute atomic E-state index is 0.409. The number of benzene rings is 1. The van der Waals surface area contributed by atoms with Crippen molar-refractivity contribution in [3.8, 4) is 0 Å². The van der Waals surface area contributed by atoms with E-state index in [1.165, 1.54) is 0 Å². The predicted molar refractivity (Wildman–Crippen MR) is 101 cm³/mol. The zero-order chi connectivity index (χ0) is 17.1. The summed E-state index contributed by atoms with van der Waals surface area (Å²) in [5.41, 5.74) is 8.40. The van der Waals surface area contributed by atoms with Gasteiger partial charge in [-0.25, -0.2) is 15.0 Å². The molecule has 0 aliphatic rings. The quantitative estimate of drug-likeness (QED) is 0.382. The number of rotatable bonds is 6. The Kier molecular flexibility index (Phi) is 5.48. The van der Waals surface area contributed by atoms with Crippen LogP contribution < -0.4 is 5.73 Å². The number of aromatic nitrogens is 4. The van der Waals surface area contributed by atoms with Gasteiger partial charge in [0, 0.05) is 5.75 Å². The monoisotopic (exact) mass is 381 g/mol. The van der Waals surface area contributed by atoms with Gasteiger partial charge in [-0.2, -0.15) is 0 Å². The number of halogens is 2.